The van der Waals surface area contributed by atoms with E-state index < -0.39 is 0 Å². The highest BCUT2D eigenvalue weighted by atomic mass is 32.2. The van der Waals surface area contributed by atoms with Gasteiger partial charge in [0, 0.05) is 18.3 Å². The van der Waals surface area contributed by atoms with E-state index in [2.05, 4.69) is 6.92 Å². The van der Waals surface area contributed by atoms with Crippen molar-refractivity contribution >= 4 is 17.7 Å². The van der Waals surface area contributed by atoms with Crippen LogP contribution in [0.3, 0.4) is 0 Å². The number of hydrogen-bond acceptors (Lipinski definition) is 3. The lowest BCUT2D eigenvalue weighted by molar-refractivity contribution is -0.134. The first kappa shape index (κ1) is 15.8. The molecule has 0 bridgehead atoms. The fraction of sp³-hybridized carbons (Fsp3) is 0.929. The van der Waals surface area contributed by atoms with Crippen LogP contribution in [0.25, 0.3) is 0 Å². The number of nitrogens with two attached hydrogens (primary N) is 1. The van der Waals surface area contributed by atoms with Crippen LogP contribution in [0.2, 0.25) is 0 Å². The molecule has 0 aromatic heterocycles. The third kappa shape index (κ3) is 4.47. The second-order valence-corrected chi connectivity index (χ2v) is 7.78. The number of carbonyl (C=O) groups is 1. The topological polar surface area (TPSA) is 46.3 Å². The van der Waals surface area contributed by atoms with Crippen LogP contribution >= 0.6 is 11.8 Å². The van der Waals surface area contributed by atoms with Crippen LogP contribution in [0.1, 0.15) is 47.0 Å². The molecule has 1 heterocycles. The van der Waals surface area contributed by atoms with Crippen LogP contribution in [-0.2, 0) is 4.79 Å². The first-order chi connectivity index (χ1) is 8.36. The van der Waals surface area contributed by atoms with Gasteiger partial charge in [-0.05, 0) is 24.0 Å². The largest absolute Gasteiger partial charge is 0.340 e. The summed E-state index contributed by atoms with van der Waals surface area (Å²) in [6.45, 7) is 10.0. The molecule has 0 radical (unpaired) electrons. The summed E-state index contributed by atoms with van der Waals surface area (Å²) in [4.78, 5) is 14.4. The van der Waals surface area contributed by atoms with Crippen molar-refractivity contribution in [1.82, 2.24) is 4.90 Å². The maximum atomic E-state index is 12.4. The summed E-state index contributed by atoms with van der Waals surface area (Å²) in [7, 11) is 0. The molecule has 0 aromatic rings. The molecule has 1 aliphatic rings. The van der Waals surface area contributed by atoms with Crippen molar-refractivity contribution in [2.24, 2.45) is 11.1 Å². The van der Waals surface area contributed by atoms with Gasteiger partial charge in [0.15, 0.2) is 0 Å². The monoisotopic (exact) mass is 272 g/mol. The lowest BCUT2D eigenvalue weighted by Gasteiger charge is -2.32. The number of rotatable bonds is 3. The van der Waals surface area contributed by atoms with Crippen molar-refractivity contribution in [2.75, 3.05) is 18.8 Å². The summed E-state index contributed by atoms with van der Waals surface area (Å²) in [5, 5.41) is 0.591. The third-order valence-electron chi connectivity index (χ3n) is 3.54. The van der Waals surface area contributed by atoms with Gasteiger partial charge in [0.25, 0.3) is 0 Å². The first-order valence-electron chi connectivity index (χ1n) is 7.02. The van der Waals surface area contributed by atoms with Crippen LogP contribution in [-0.4, -0.2) is 40.9 Å². The number of hydrogen-bond donors (Lipinski definition) is 1. The van der Waals surface area contributed by atoms with Crippen molar-refractivity contribution < 1.29 is 4.79 Å². The fourth-order valence-corrected chi connectivity index (χ4v) is 3.33. The molecule has 2 N–H and O–H groups in total. The van der Waals surface area contributed by atoms with Gasteiger partial charge < -0.3 is 10.6 Å². The van der Waals surface area contributed by atoms with E-state index in [0.29, 0.717) is 5.25 Å². The molecule has 0 saturated carbocycles. The lowest BCUT2D eigenvalue weighted by Crippen LogP contribution is -2.51. The molecular formula is C14H28N2OS. The van der Waals surface area contributed by atoms with E-state index in [1.54, 1.807) is 0 Å². The lowest BCUT2D eigenvalue weighted by atomic mass is 9.86. The molecule has 0 unspecified atom stereocenters. The van der Waals surface area contributed by atoms with Gasteiger partial charge in [-0.25, -0.2) is 0 Å². The second kappa shape index (κ2) is 6.80. The average molecular weight is 272 g/mol. The zero-order valence-electron chi connectivity index (χ0n) is 12.2. The van der Waals surface area contributed by atoms with Gasteiger partial charge >= 0.3 is 0 Å². The Morgan fingerprint density at radius 2 is 2.11 bits per heavy atom. The molecule has 3 nitrogen and oxygen atoms in total. The standard InChI is InChI=1S/C14H28N2OS/c1-5-18-11-8-6-7-9-16(10-11)13(17)12(15)14(2,3)4/h11-12H,5-10,15H2,1-4H3/t11-,12+/m0/s1. The molecule has 1 rings (SSSR count). The average Bonchev–Trinajstić information content (AvgIpc) is 2.52. The Hall–Kier alpha value is -0.220. The molecule has 0 spiro atoms. The van der Waals surface area contributed by atoms with Crippen LogP contribution < -0.4 is 5.73 Å². The van der Waals surface area contributed by atoms with Crippen LogP contribution in [0.4, 0.5) is 0 Å². The highest BCUT2D eigenvalue weighted by Crippen LogP contribution is 2.25. The Kier molecular flexibility index (Phi) is 5.99. The van der Waals surface area contributed by atoms with Gasteiger partial charge in [0.05, 0.1) is 6.04 Å². The summed E-state index contributed by atoms with van der Waals surface area (Å²) in [5.74, 6) is 1.25. The van der Waals surface area contributed by atoms with Gasteiger partial charge in [-0.2, -0.15) is 11.8 Å². The molecule has 4 heteroatoms. The Morgan fingerprint density at radius 1 is 1.44 bits per heavy atom. The first-order valence-corrected chi connectivity index (χ1v) is 8.07. The predicted octanol–water partition coefficient (Wildman–Crippen LogP) is 2.49. The number of amides is 1. The van der Waals surface area contributed by atoms with E-state index in [1.807, 2.05) is 37.4 Å². The maximum absolute atomic E-state index is 12.4. The normalized spacial score (nSPS) is 23.6. The number of carbonyl (C=O) groups excluding carboxylic acids is 1. The van der Waals surface area contributed by atoms with E-state index in [9.17, 15) is 4.79 Å². The molecule has 1 amide bonds. The molecule has 1 saturated heterocycles. The SMILES string of the molecule is CCS[C@H]1CCCCN(C(=O)[C@@H](N)C(C)(C)C)C1. The van der Waals surface area contributed by atoms with Crippen molar-refractivity contribution in [3.8, 4) is 0 Å². The van der Waals surface area contributed by atoms with Crippen LogP contribution in [0.15, 0.2) is 0 Å². The van der Waals surface area contributed by atoms with Crippen molar-refractivity contribution in [1.29, 1.82) is 0 Å². The Labute approximate surface area is 116 Å². The molecule has 1 aliphatic heterocycles. The number of nitrogens with zero attached hydrogens (tertiary/aromatic N) is 1. The quantitative estimate of drug-likeness (QED) is 0.858. The van der Waals surface area contributed by atoms with Crippen molar-refractivity contribution in [2.45, 2.75) is 58.2 Å². The molecule has 106 valence electrons. The van der Waals surface area contributed by atoms with Gasteiger partial charge in [-0.1, -0.05) is 34.1 Å². The molecular weight excluding hydrogens is 244 g/mol. The highest BCUT2D eigenvalue weighted by molar-refractivity contribution is 7.99. The van der Waals surface area contributed by atoms with E-state index in [4.69, 9.17) is 5.73 Å². The maximum Gasteiger partial charge on any atom is 0.240 e. The summed E-state index contributed by atoms with van der Waals surface area (Å²) >= 11 is 1.97. The minimum absolute atomic E-state index is 0.131. The van der Waals surface area contributed by atoms with Crippen LogP contribution in [0, 0.1) is 5.41 Å². The summed E-state index contributed by atoms with van der Waals surface area (Å²) in [6.07, 6.45) is 3.57. The molecule has 2 atom stereocenters. The molecule has 0 aliphatic carbocycles. The Bertz CT molecular complexity index is 275. The van der Waals surface area contributed by atoms with E-state index in [-0.39, 0.29) is 17.4 Å². The minimum Gasteiger partial charge on any atom is -0.340 e. The van der Waals surface area contributed by atoms with Gasteiger partial charge in [0.1, 0.15) is 0 Å². The minimum atomic E-state index is -0.386. The second-order valence-electron chi connectivity index (χ2n) is 6.20. The van der Waals surface area contributed by atoms with Gasteiger partial charge in [-0.15, -0.1) is 0 Å². The van der Waals surface area contributed by atoms with Crippen LogP contribution in [0.5, 0.6) is 0 Å². The summed E-state index contributed by atoms with van der Waals surface area (Å²) in [5.41, 5.74) is 5.94. The summed E-state index contributed by atoms with van der Waals surface area (Å²) < 4.78 is 0. The van der Waals surface area contributed by atoms with E-state index in [0.717, 1.165) is 25.3 Å². The zero-order chi connectivity index (χ0) is 13.8. The van der Waals surface area contributed by atoms with Crippen molar-refractivity contribution in [3.63, 3.8) is 0 Å². The Balaban J connectivity index is 2.65. The van der Waals surface area contributed by atoms with E-state index in [1.165, 1.54) is 12.8 Å². The summed E-state index contributed by atoms with van der Waals surface area (Å²) in [6, 6.07) is -0.386. The van der Waals surface area contributed by atoms with Crippen molar-refractivity contribution in [3.05, 3.63) is 0 Å². The number of thioether (sulfide) groups is 1. The Morgan fingerprint density at radius 3 is 2.67 bits per heavy atom. The number of likely N-dealkylation sites (tertiary alicyclic amines) is 1. The van der Waals surface area contributed by atoms with Gasteiger partial charge in [-0.3, -0.25) is 4.79 Å². The third-order valence-corrected chi connectivity index (χ3v) is 4.73. The zero-order valence-corrected chi connectivity index (χ0v) is 13.1. The highest BCUT2D eigenvalue weighted by Gasteiger charge is 2.32. The molecule has 1 fully saturated rings. The van der Waals surface area contributed by atoms with E-state index >= 15 is 0 Å². The molecule has 18 heavy (non-hydrogen) atoms. The smallest absolute Gasteiger partial charge is 0.240 e. The fourth-order valence-electron chi connectivity index (χ4n) is 2.24. The van der Waals surface area contributed by atoms with Gasteiger partial charge in [0.2, 0.25) is 5.91 Å². The molecule has 0 aromatic carbocycles. The predicted molar refractivity (Wildman–Crippen MR) is 79.8 cm³/mol.